The van der Waals surface area contributed by atoms with Gasteiger partial charge in [0.15, 0.2) is 11.6 Å². The van der Waals surface area contributed by atoms with Gasteiger partial charge in [-0.15, -0.1) is 0 Å². The third-order valence-corrected chi connectivity index (χ3v) is 5.34. The lowest BCUT2D eigenvalue weighted by atomic mass is 10.2. The van der Waals surface area contributed by atoms with Crippen molar-refractivity contribution < 1.29 is 22.1 Å². The first-order valence-electron chi connectivity index (χ1n) is 6.91. The first-order valence-corrected chi connectivity index (χ1v) is 8.35. The first kappa shape index (κ1) is 17.8. The SMILES string of the molecule is CCN(c1ccc(F)c(F)c1)S(=O)(=O)c1ccc(C)c([N+](=O)[O-])c1. The molecule has 9 heteroatoms. The Labute approximate surface area is 137 Å². The molecule has 0 saturated carbocycles. The lowest BCUT2D eigenvalue weighted by Crippen LogP contribution is -2.31. The topological polar surface area (TPSA) is 80.5 Å². The highest BCUT2D eigenvalue weighted by Crippen LogP contribution is 2.28. The number of hydrogen-bond donors (Lipinski definition) is 0. The summed E-state index contributed by atoms with van der Waals surface area (Å²) >= 11 is 0. The molecule has 0 N–H and O–H groups in total. The standard InChI is InChI=1S/C15H14F2N2O4S/c1-3-18(11-5-7-13(16)14(17)8-11)24(22,23)12-6-4-10(2)15(9-12)19(20)21/h4-9H,3H2,1-2H3. The summed E-state index contributed by atoms with van der Waals surface area (Å²) in [6.45, 7) is 2.94. The van der Waals surface area contributed by atoms with Crippen LogP contribution in [0.3, 0.4) is 0 Å². The van der Waals surface area contributed by atoms with Crippen LogP contribution in [0.15, 0.2) is 41.3 Å². The highest BCUT2D eigenvalue weighted by molar-refractivity contribution is 7.92. The van der Waals surface area contributed by atoms with E-state index in [0.717, 1.165) is 28.6 Å². The Kier molecular flexibility index (Phi) is 4.83. The normalized spacial score (nSPS) is 11.3. The van der Waals surface area contributed by atoms with Gasteiger partial charge in [-0.2, -0.15) is 0 Å². The Balaban J connectivity index is 2.56. The molecule has 0 unspecified atom stereocenters. The van der Waals surface area contributed by atoms with Crippen LogP contribution in [0, 0.1) is 28.7 Å². The minimum absolute atomic E-state index is 0.0604. The number of sulfonamides is 1. The fraction of sp³-hybridized carbons (Fsp3) is 0.200. The van der Waals surface area contributed by atoms with Crippen molar-refractivity contribution in [2.45, 2.75) is 18.7 Å². The summed E-state index contributed by atoms with van der Waals surface area (Å²) in [4.78, 5) is 10.0. The molecule has 0 aliphatic heterocycles. The molecule has 128 valence electrons. The van der Waals surface area contributed by atoms with Crippen LogP contribution in [-0.4, -0.2) is 19.9 Å². The van der Waals surface area contributed by atoms with Gasteiger partial charge in [0, 0.05) is 24.2 Å². The van der Waals surface area contributed by atoms with E-state index < -0.39 is 26.6 Å². The lowest BCUT2D eigenvalue weighted by Gasteiger charge is -2.23. The summed E-state index contributed by atoms with van der Waals surface area (Å²) in [5.41, 5.74) is -0.0909. The van der Waals surface area contributed by atoms with Crippen LogP contribution >= 0.6 is 0 Å². The second-order valence-corrected chi connectivity index (χ2v) is 6.84. The van der Waals surface area contributed by atoms with Crippen LogP contribution in [0.1, 0.15) is 12.5 Å². The maximum atomic E-state index is 13.4. The van der Waals surface area contributed by atoms with Crippen LogP contribution in [0.5, 0.6) is 0 Å². The van der Waals surface area contributed by atoms with Gasteiger partial charge in [0.2, 0.25) is 0 Å². The molecule has 2 rings (SSSR count). The molecule has 24 heavy (non-hydrogen) atoms. The second-order valence-electron chi connectivity index (χ2n) is 4.97. The van der Waals surface area contributed by atoms with E-state index in [4.69, 9.17) is 0 Å². The van der Waals surface area contributed by atoms with E-state index in [1.54, 1.807) is 0 Å². The van der Waals surface area contributed by atoms with Crippen molar-refractivity contribution in [3.63, 3.8) is 0 Å². The Morgan fingerprint density at radius 3 is 2.33 bits per heavy atom. The van der Waals surface area contributed by atoms with E-state index >= 15 is 0 Å². The summed E-state index contributed by atoms with van der Waals surface area (Å²) in [7, 11) is -4.17. The predicted molar refractivity (Wildman–Crippen MR) is 84.4 cm³/mol. The molecule has 0 fully saturated rings. The van der Waals surface area contributed by atoms with Gasteiger partial charge in [0.1, 0.15) is 0 Å². The molecule has 0 atom stereocenters. The Bertz CT molecular complexity index is 900. The third-order valence-electron chi connectivity index (χ3n) is 3.44. The minimum Gasteiger partial charge on any atom is -0.267 e. The van der Waals surface area contributed by atoms with Crippen molar-refractivity contribution >= 4 is 21.4 Å². The van der Waals surface area contributed by atoms with Crippen LogP contribution in [-0.2, 0) is 10.0 Å². The molecule has 0 heterocycles. The van der Waals surface area contributed by atoms with Crippen molar-refractivity contribution in [3.05, 3.63) is 63.7 Å². The molecule has 0 aliphatic carbocycles. The number of nitro benzene ring substituents is 1. The number of hydrogen-bond acceptors (Lipinski definition) is 4. The maximum absolute atomic E-state index is 13.4. The minimum atomic E-state index is -4.17. The fourth-order valence-electron chi connectivity index (χ4n) is 2.21. The molecule has 2 aromatic rings. The van der Waals surface area contributed by atoms with Gasteiger partial charge in [0.05, 0.1) is 15.5 Å². The predicted octanol–water partition coefficient (Wildman–Crippen LogP) is 3.40. The number of benzene rings is 2. The second kappa shape index (κ2) is 6.52. The molecule has 0 aliphatic rings. The third kappa shape index (κ3) is 3.21. The average Bonchev–Trinajstić information content (AvgIpc) is 2.51. The Hall–Kier alpha value is -2.55. The molecule has 0 bridgehead atoms. The summed E-state index contributed by atoms with van der Waals surface area (Å²) in [6, 6.07) is 6.22. The van der Waals surface area contributed by atoms with E-state index in [9.17, 15) is 27.3 Å². The first-order chi connectivity index (χ1) is 11.2. The van der Waals surface area contributed by atoms with Gasteiger partial charge in [-0.05, 0) is 32.0 Å². The summed E-state index contributed by atoms with van der Waals surface area (Å²) in [5.74, 6) is -2.28. The number of aryl methyl sites for hydroxylation is 1. The summed E-state index contributed by atoms with van der Waals surface area (Å²) in [6.07, 6.45) is 0. The van der Waals surface area contributed by atoms with Gasteiger partial charge in [0.25, 0.3) is 15.7 Å². The summed E-state index contributed by atoms with van der Waals surface area (Å²) < 4.78 is 52.8. The summed E-state index contributed by atoms with van der Waals surface area (Å²) in [5, 5.41) is 11.0. The van der Waals surface area contributed by atoms with Crippen molar-refractivity contribution in [2.75, 3.05) is 10.8 Å². The maximum Gasteiger partial charge on any atom is 0.273 e. The fourth-order valence-corrected chi connectivity index (χ4v) is 3.69. The monoisotopic (exact) mass is 356 g/mol. The zero-order valence-corrected chi connectivity index (χ0v) is 13.7. The molecular formula is C15H14F2N2O4S. The number of nitro groups is 1. The van der Waals surface area contributed by atoms with Gasteiger partial charge in [-0.25, -0.2) is 17.2 Å². The highest BCUT2D eigenvalue weighted by atomic mass is 32.2. The molecule has 0 spiro atoms. The van der Waals surface area contributed by atoms with Crippen molar-refractivity contribution in [3.8, 4) is 0 Å². The largest absolute Gasteiger partial charge is 0.273 e. The zero-order valence-electron chi connectivity index (χ0n) is 12.9. The van der Waals surface area contributed by atoms with Gasteiger partial charge >= 0.3 is 0 Å². The number of anilines is 1. The molecule has 2 aromatic carbocycles. The Morgan fingerprint density at radius 2 is 1.79 bits per heavy atom. The Morgan fingerprint density at radius 1 is 1.12 bits per heavy atom. The number of rotatable bonds is 5. The van der Waals surface area contributed by atoms with Gasteiger partial charge in [-0.1, -0.05) is 6.07 Å². The molecule has 6 nitrogen and oxygen atoms in total. The van der Waals surface area contributed by atoms with Crippen LogP contribution < -0.4 is 4.31 Å². The van der Waals surface area contributed by atoms with E-state index in [-0.39, 0.29) is 22.8 Å². The highest BCUT2D eigenvalue weighted by Gasteiger charge is 2.26. The number of halogens is 2. The van der Waals surface area contributed by atoms with E-state index in [0.29, 0.717) is 5.56 Å². The smallest absolute Gasteiger partial charge is 0.267 e. The van der Waals surface area contributed by atoms with Crippen LogP contribution in [0.2, 0.25) is 0 Å². The van der Waals surface area contributed by atoms with Crippen LogP contribution in [0.25, 0.3) is 0 Å². The molecule has 0 saturated heterocycles. The van der Waals surface area contributed by atoms with Crippen molar-refractivity contribution in [1.82, 2.24) is 0 Å². The number of nitrogens with zero attached hydrogens (tertiary/aromatic N) is 2. The van der Waals surface area contributed by atoms with Gasteiger partial charge < -0.3 is 0 Å². The van der Waals surface area contributed by atoms with E-state index in [2.05, 4.69) is 0 Å². The van der Waals surface area contributed by atoms with Gasteiger partial charge in [-0.3, -0.25) is 14.4 Å². The van der Waals surface area contributed by atoms with Crippen molar-refractivity contribution in [2.24, 2.45) is 0 Å². The zero-order chi connectivity index (χ0) is 18.1. The molecule has 0 radical (unpaired) electrons. The average molecular weight is 356 g/mol. The molecule has 0 aromatic heterocycles. The van der Waals surface area contributed by atoms with Crippen LogP contribution in [0.4, 0.5) is 20.2 Å². The van der Waals surface area contributed by atoms with E-state index in [1.807, 2.05) is 0 Å². The van der Waals surface area contributed by atoms with Crippen molar-refractivity contribution in [1.29, 1.82) is 0 Å². The molecular weight excluding hydrogens is 342 g/mol. The quantitative estimate of drug-likeness (QED) is 0.607. The molecule has 0 amide bonds. The lowest BCUT2D eigenvalue weighted by molar-refractivity contribution is -0.385. The van der Waals surface area contributed by atoms with E-state index in [1.165, 1.54) is 26.0 Å².